The van der Waals surface area contributed by atoms with E-state index >= 15 is 0 Å². The summed E-state index contributed by atoms with van der Waals surface area (Å²) in [4.78, 5) is 23.5. The van der Waals surface area contributed by atoms with E-state index in [1.165, 1.54) is 27.9 Å². The van der Waals surface area contributed by atoms with Gasteiger partial charge >= 0.3 is 0 Å². The molecule has 5 heteroatoms. The van der Waals surface area contributed by atoms with E-state index in [1.54, 1.807) is 0 Å². The molecule has 1 fully saturated rings. The molecule has 1 aliphatic carbocycles. The summed E-state index contributed by atoms with van der Waals surface area (Å²) < 4.78 is 0. The Balaban J connectivity index is 1.25. The molecule has 5 nitrogen and oxygen atoms in total. The second-order valence-electron chi connectivity index (χ2n) is 9.54. The maximum Gasteiger partial charge on any atom is 0.253 e. The molecule has 3 aromatic carbocycles. The fourth-order valence-corrected chi connectivity index (χ4v) is 5.90. The lowest BCUT2D eigenvalue weighted by Gasteiger charge is -2.39. The van der Waals surface area contributed by atoms with Crippen molar-refractivity contribution in [3.05, 3.63) is 89.6 Å². The van der Waals surface area contributed by atoms with Gasteiger partial charge in [-0.15, -0.1) is 0 Å². The number of amides is 1. The average molecular weight is 465 g/mol. The number of piperazine rings is 1. The highest BCUT2D eigenvalue weighted by Gasteiger charge is 2.35. The molecule has 0 bridgehead atoms. The quantitative estimate of drug-likeness (QED) is 0.422. The minimum atomic E-state index is 0.129. The van der Waals surface area contributed by atoms with E-state index in [9.17, 15) is 4.79 Å². The van der Waals surface area contributed by atoms with Crippen molar-refractivity contribution in [3.63, 3.8) is 0 Å². The highest BCUT2D eigenvalue weighted by atomic mass is 16.2. The van der Waals surface area contributed by atoms with Gasteiger partial charge in [-0.2, -0.15) is 0 Å². The van der Waals surface area contributed by atoms with E-state index in [2.05, 4.69) is 71.1 Å². The normalized spacial score (nSPS) is 17.4. The molecule has 0 spiro atoms. The summed E-state index contributed by atoms with van der Waals surface area (Å²) in [6, 6.07) is 24.0. The van der Waals surface area contributed by atoms with Gasteiger partial charge in [0.2, 0.25) is 0 Å². The number of nitrogens with zero attached hydrogens (tertiary/aromatic N) is 3. The number of benzene rings is 3. The maximum atomic E-state index is 13.3. The van der Waals surface area contributed by atoms with Gasteiger partial charge in [0, 0.05) is 67.6 Å². The first kappa shape index (κ1) is 21.9. The summed E-state index contributed by atoms with van der Waals surface area (Å²) in [5.41, 5.74) is 8.60. The first-order chi connectivity index (χ1) is 17.2. The molecular weight excluding hydrogens is 432 g/mol. The second kappa shape index (κ2) is 8.90. The van der Waals surface area contributed by atoms with Crippen molar-refractivity contribution in [3.8, 4) is 11.1 Å². The van der Waals surface area contributed by atoms with Gasteiger partial charge in [-0.1, -0.05) is 30.3 Å². The lowest BCUT2D eigenvalue weighted by atomic mass is 10.0. The van der Waals surface area contributed by atoms with Crippen molar-refractivity contribution in [1.82, 2.24) is 14.8 Å². The monoisotopic (exact) mass is 464 g/mol. The lowest BCUT2D eigenvalue weighted by molar-refractivity contribution is 0.0600. The van der Waals surface area contributed by atoms with Gasteiger partial charge in [0.25, 0.3) is 5.91 Å². The molecule has 35 heavy (non-hydrogen) atoms. The third kappa shape index (κ3) is 3.71. The number of fused-ring (bicyclic) bond motifs is 4. The number of carbonyl (C=O) groups is 1. The lowest BCUT2D eigenvalue weighted by Crippen LogP contribution is -2.49. The molecule has 6 rings (SSSR count). The summed E-state index contributed by atoms with van der Waals surface area (Å²) in [6.07, 6.45) is 1.92. The van der Waals surface area contributed by atoms with Crippen LogP contribution in [0.5, 0.6) is 0 Å². The molecule has 1 aliphatic heterocycles. The number of carbonyl (C=O) groups excluding carboxylic acids is 1. The van der Waals surface area contributed by atoms with Crippen LogP contribution in [0.2, 0.25) is 0 Å². The zero-order valence-electron chi connectivity index (χ0n) is 20.5. The third-order valence-corrected chi connectivity index (χ3v) is 7.77. The molecular formula is C30H32N4O. The van der Waals surface area contributed by atoms with Crippen LogP contribution in [0.15, 0.2) is 72.9 Å². The minimum absolute atomic E-state index is 0.129. The van der Waals surface area contributed by atoms with E-state index in [0.717, 1.165) is 55.7 Å². The Kier molecular flexibility index (Phi) is 5.57. The summed E-state index contributed by atoms with van der Waals surface area (Å²) in [6.45, 7) is 9.66. The standard InChI is InChI=1S/C30H32N4O/c1-3-32(4-2)23-10-11-25-24-7-5-6-8-26(24)29(27(25)20-23)33-15-17-34(18-16-33)30(35)22-9-12-28-21(19-22)13-14-31-28/h5-14,19-20,29,31H,3-4,15-18H2,1-2H3. The first-order valence-corrected chi connectivity index (χ1v) is 12.8. The fraction of sp³-hybridized carbons (Fsp3) is 0.300. The fourth-order valence-electron chi connectivity index (χ4n) is 5.90. The molecule has 1 saturated heterocycles. The Hall–Kier alpha value is -3.57. The van der Waals surface area contributed by atoms with Gasteiger partial charge in [0.15, 0.2) is 0 Å². The molecule has 0 radical (unpaired) electrons. The predicted molar refractivity (Wildman–Crippen MR) is 143 cm³/mol. The molecule has 1 aromatic heterocycles. The molecule has 2 heterocycles. The van der Waals surface area contributed by atoms with Gasteiger partial charge in [-0.25, -0.2) is 0 Å². The Bertz CT molecular complexity index is 1380. The molecule has 4 aromatic rings. The molecule has 0 saturated carbocycles. The van der Waals surface area contributed by atoms with E-state index in [-0.39, 0.29) is 11.9 Å². The van der Waals surface area contributed by atoms with Crippen molar-refractivity contribution >= 4 is 22.5 Å². The van der Waals surface area contributed by atoms with Crippen LogP contribution in [-0.2, 0) is 0 Å². The van der Waals surface area contributed by atoms with Crippen LogP contribution in [0, 0.1) is 0 Å². The highest BCUT2D eigenvalue weighted by Crippen LogP contribution is 2.47. The predicted octanol–water partition coefficient (Wildman–Crippen LogP) is 5.54. The third-order valence-electron chi connectivity index (χ3n) is 7.77. The number of H-pyrrole nitrogens is 1. The second-order valence-corrected chi connectivity index (χ2v) is 9.54. The van der Waals surface area contributed by atoms with E-state index < -0.39 is 0 Å². The van der Waals surface area contributed by atoms with Crippen LogP contribution in [0.1, 0.15) is 41.4 Å². The summed E-state index contributed by atoms with van der Waals surface area (Å²) in [5.74, 6) is 0.129. The van der Waals surface area contributed by atoms with E-state index in [1.807, 2.05) is 35.4 Å². The summed E-state index contributed by atoms with van der Waals surface area (Å²) in [5, 5.41) is 1.08. The van der Waals surface area contributed by atoms with Gasteiger partial charge in [-0.3, -0.25) is 9.69 Å². The van der Waals surface area contributed by atoms with E-state index in [4.69, 9.17) is 0 Å². The smallest absolute Gasteiger partial charge is 0.253 e. The summed E-state index contributed by atoms with van der Waals surface area (Å²) in [7, 11) is 0. The van der Waals surface area contributed by atoms with Crippen molar-refractivity contribution in [2.24, 2.45) is 0 Å². The molecule has 1 unspecified atom stereocenters. The number of hydrogen-bond acceptors (Lipinski definition) is 3. The van der Waals surface area contributed by atoms with Crippen LogP contribution in [0.25, 0.3) is 22.0 Å². The van der Waals surface area contributed by atoms with Crippen molar-refractivity contribution in [2.45, 2.75) is 19.9 Å². The van der Waals surface area contributed by atoms with Gasteiger partial charge < -0.3 is 14.8 Å². The van der Waals surface area contributed by atoms with Gasteiger partial charge in [0.1, 0.15) is 0 Å². The maximum absolute atomic E-state index is 13.3. The number of rotatable bonds is 5. The Labute approximate surface area is 207 Å². The topological polar surface area (TPSA) is 42.6 Å². The van der Waals surface area contributed by atoms with E-state index in [0.29, 0.717) is 0 Å². The molecule has 1 amide bonds. The summed E-state index contributed by atoms with van der Waals surface area (Å²) >= 11 is 0. The number of anilines is 1. The van der Waals surface area contributed by atoms with Crippen LogP contribution in [0.4, 0.5) is 5.69 Å². The molecule has 178 valence electrons. The SMILES string of the molecule is CCN(CC)c1ccc2c(c1)C(N1CCN(C(=O)c3ccc4[nH]ccc4c3)CC1)c1ccccc1-2. The van der Waals surface area contributed by atoms with Crippen molar-refractivity contribution < 1.29 is 4.79 Å². The minimum Gasteiger partial charge on any atom is -0.372 e. The molecule has 1 atom stereocenters. The number of aromatic amines is 1. The molecule has 1 N–H and O–H groups in total. The van der Waals surface area contributed by atoms with Gasteiger partial charge in [0.05, 0.1) is 6.04 Å². The first-order valence-electron chi connectivity index (χ1n) is 12.8. The zero-order chi connectivity index (χ0) is 23.9. The Morgan fingerprint density at radius 1 is 0.886 bits per heavy atom. The van der Waals surface area contributed by atoms with Crippen LogP contribution in [0.3, 0.4) is 0 Å². The largest absolute Gasteiger partial charge is 0.372 e. The van der Waals surface area contributed by atoms with Crippen molar-refractivity contribution in [2.75, 3.05) is 44.2 Å². The Morgan fingerprint density at radius 2 is 1.66 bits per heavy atom. The van der Waals surface area contributed by atoms with Crippen LogP contribution in [-0.4, -0.2) is 60.0 Å². The highest BCUT2D eigenvalue weighted by molar-refractivity contribution is 5.98. The average Bonchev–Trinajstić information content (AvgIpc) is 3.51. The number of aromatic nitrogens is 1. The van der Waals surface area contributed by atoms with Crippen molar-refractivity contribution in [1.29, 1.82) is 0 Å². The number of nitrogens with one attached hydrogen (secondary N) is 1. The van der Waals surface area contributed by atoms with Crippen LogP contribution >= 0.6 is 0 Å². The zero-order valence-corrected chi connectivity index (χ0v) is 20.5. The Morgan fingerprint density at radius 3 is 2.46 bits per heavy atom. The van der Waals surface area contributed by atoms with Gasteiger partial charge in [-0.05, 0) is 72.5 Å². The molecule has 2 aliphatic rings. The van der Waals surface area contributed by atoms with Crippen LogP contribution < -0.4 is 4.90 Å². The number of hydrogen-bond donors (Lipinski definition) is 1.